The zero-order valence-corrected chi connectivity index (χ0v) is 13.2. The van der Waals surface area contributed by atoms with Gasteiger partial charge in [-0.25, -0.2) is 9.18 Å². The van der Waals surface area contributed by atoms with Crippen LogP contribution in [-0.4, -0.2) is 18.0 Å². The summed E-state index contributed by atoms with van der Waals surface area (Å²) in [6, 6.07) is 11.1. The minimum absolute atomic E-state index is 0.0481. The SMILES string of the molecule is Cc1ccc(C(=O)O[C@@H](C)C(=O)Nc2ccccc2F)c(C)c1. The number of esters is 1. The van der Waals surface area contributed by atoms with Crippen molar-refractivity contribution in [1.29, 1.82) is 0 Å². The van der Waals surface area contributed by atoms with Crippen LogP contribution in [0, 0.1) is 19.7 Å². The Balaban J connectivity index is 2.03. The number of ether oxygens (including phenoxy) is 1. The van der Waals surface area contributed by atoms with Gasteiger partial charge in [0.25, 0.3) is 5.91 Å². The van der Waals surface area contributed by atoms with Gasteiger partial charge in [0, 0.05) is 0 Å². The van der Waals surface area contributed by atoms with Crippen molar-refractivity contribution in [1.82, 2.24) is 0 Å². The maximum Gasteiger partial charge on any atom is 0.339 e. The lowest BCUT2D eigenvalue weighted by molar-refractivity contribution is -0.123. The molecule has 0 fully saturated rings. The fourth-order valence-electron chi connectivity index (χ4n) is 2.12. The molecule has 0 saturated heterocycles. The molecule has 0 saturated carbocycles. The van der Waals surface area contributed by atoms with E-state index in [1.165, 1.54) is 25.1 Å². The van der Waals surface area contributed by atoms with Gasteiger partial charge in [0.1, 0.15) is 5.82 Å². The van der Waals surface area contributed by atoms with Gasteiger partial charge in [-0.05, 0) is 44.5 Å². The summed E-state index contributed by atoms with van der Waals surface area (Å²) in [5, 5.41) is 2.40. The highest BCUT2D eigenvalue weighted by Crippen LogP contribution is 2.15. The predicted octanol–water partition coefficient (Wildman–Crippen LogP) is 3.63. The van der Waals surface area contributed by atoms with E-state index in [2.05, 4.69) is 5.32 Å². The number of aryl methyl sites for hydroxylation is 2. The fraction of sp³-hybridized carbons (Fsp3) is 0.222. The van der Waals surface area contributed by atoms with Crippen LogP contribution in [0.15, 0.2) is 42.5 Å². The van der Waals surface area contributed by atoms with Crippen LogP contribution in [0.3, 0.4) is 0 Å². The number of carbonyl (C=O) groups excluding carboxylic acids is 2. The van der Waals surface area contributed by atoms with Gasteiger partial charge < -0.3 is 10.1 Å². The second kappa shape index (κ2) is 7.05. The van der Waals surface area contributed by atoms with Gasteiger partial charge in [-0.3, -0.25) is 4.79 Å². The third kappa shape index (κ3) is 4.16. The summed E-state index contributed by atoms with van der Waals surface area (Å²) < 4.78 is 18.7. The Morgan fingerprint density at radius 3 is 2.48 bits per heavy atom. The van der Waals surface area contributed by atoms with Crippen LogP contribution in [0.5, 0.6) is 0 Å². The Morgan fingerprint density at radius 1 is 1.13 bits per heavy atom. The molecule has 1 atom stereocenters. The highest BCUT2D eigenvalue weighted by Gasteiger charge is 2.20. The van der Waals surface area contributed by atoms with E-state index in [-0.39, 0.29) is 5.69 Å². The zero-order chi connectivity index (χ0) is 17.0. The molecule has 0 bridgehead atoms. The first-order valence-corrected chi connectivity index (χ1v) is 7.22. The highest BCUT2D eigenvalue weighted by atomic mass is 19.1. The predicted molar refractivity (Wildman–Crippen MR) is 85.8 cm³/mol. The number of hydrogen-bond donors (Lipinski definition) is 1. The zero-order valence-electron chi connectivity index (χ0n) is 13.2. The molecule has 0 unspecified atom stereocenters. The van der Waals surface area contributed by atoms with Gasteiger partial charge in [-0.1, -0.05) is 29.8 Å². The van der Waals surface area contributed by atoms with Crippen molar-refractivity contribution in [3.8, 4) is 0 Å². The van der Waals surface area contributed by atoms with Crippen LogP contribution in [0.1, 0.15) is 28.4 Å². The topological polar surface area (TPSA) is 55.4 Å². The number of para-hydroxylation sites is 1. The van der Waals surface area contributed by atoms with Gasteiger partial charge in [-0.2, -0.15) is 0 Å². The van der Waals surface area contributed by atoms with E-state index in [1.807, 2.05) is 13.0 Å². The van der Waals surface area contributed by atoms with Crippen molar-refractivity contribution in [2.45, 2.75) is 26.9 Å². The molecular weight excluding hydrogens is 297 g/mol. The number of amides is 1. The maximum absolute atomic E-state index is 13.5. The molecule has 0 aromatic heterocycles. The molecule has 5 heteroatoms. The smallest absolute Gasteiger partial charge is 0.339 e. The van der Waals surface area contributed by atoms with Crippen molar-refractivity contribution in [3.05, 3.63) is 65.0 Å². The average molecular weight is 315 g/mol. The molecule has 1 N–H and O–H groups in total. The van der Waals surface area contributed by atoms with Crippen LogP contribution in [0.4, 0.5) is 10.1 Å². The third-order valence-corrected chi connectivity index (χ3v) is 3.39. The Bertz CT molecular complexity index is 743. The van der Waals surface area contributed by atoms with E-state index >= 15 is 0 Å². The second-order valence-electron chi connectivity index (χ2n) is 5.34. The average Bonchev–Trinajstić information content (AvgIpc) is 2.49. The molecule has 23 heavy (non-hydrogen) atoms. The Kier molecular flexibility index (Phi) is 5.11. The molecule has 4 nitrogen and oxygen atoms in total. The van der Waals surface area contributed by atoms with E-state index in [0.29, 0.717) is 5.56 Å². The lowest BCUT2D eigenvalue weighted by Crippen LogP contribution is -2.30. The molecule has 2 rings (SSSR count). The summed E-state index contributed by atoms with van der Waals surface area (Å²) in [6.07, 6.45) is -1.04. The number of halogens is 1. The number of carbonyl (C=O) groups is 2. The van der Waals surface area contributed by atoms with Gasteiger partial charge in [0.15, 0.2) is 6.10 Å². The number of anilines is 1. The molecule has 2 aromatic rings. The van der Waals surface area contributed by atoms with E-state index in [1.54, 1.807) is 25.1 Å². The highest BCUT2D eigenvalue weighted by molar-refractivity contribution is 5.97. The normalized spacial score (nSPS) is 11.7. The maximum atomic E-state index is 13.5. The summed E-state index contributed by atoms with van der Waals surface area (Å²) in [6.45, 7) is 5.16. The second-order valence-corrected chi connectivity index (χ2v) is 5.34. The summed E-state index contributed by atoms with van der Waals surface area (Å²) in [4.78, 5) is 24.2. The molecule has 0 heterocycles. The van der Waals surface area contributed by atoms with Crippen molar-refractivity contribution in [3.63, 3.8) is 0 Å². The molecule has 0 aliphatic carbocycles. The fourth-order valence-corrected chi connectivity index (χ4v) is 2.12. The molecular formula is C18H18FNO3. The number of nitrogens with one attached hydrogen (secondary N) is 1. The Hall–Kier alpha value is -2.69. The van der Waals surface area contributed by atoms with E-state index in [0.717, 1.165) is 11.1 Å². The first-order valence-electron chi connectivity index (χ1n) is 7.22. The van der Waals surface area contributed by atoms with Gasteiger partial charge in [-0.15, -0.1) is 0 Å². The van der Waals surface area contributed by atoms with Crippen LogP contribution in [0.2, 0.25) is 0 Å². The monoisotopic (exact) mass is 315 g/mol. The molecule has 2 aromatic carbocycles. The minimum atomic E-state index is -1.04. The van der Waals surface area contributed by atoms with Gasteiger partial charge in [0.05, 0.1) is 11.3 Å². The van der Waals surface area contributed by atoms with Crippen LogP contribution in [-0.2, 0) is 9.53 Å². The summed E-state index contributed by atoms with van der Waals surface area (Å²) >= 11 is 0. The molecule has 1 amide bonds. The van der Waals surface area contributed by atoms with Gasteiger partial charge in [0.2, 0.25) is 0 Å². The Labute approximate surface area is 134 Å². The lowest BCUT2D eigenvalue weighted by Gasteiger charge is -2.15. The van der Waals surface area contributed by atoms with Crippen molar-refractivity contribution in [2.75, 3.05) is 5.32 Å². The first-order chi connectivity index (χ1) is 10.9. The molecule has 0 spiro atoms. The van der Waals surface area contributed by atoms with E-state index in [9.17, 15) is 14.0 Å². The molecule has 0 radical (unpaired) electrons. The molecule has 120 valence electrons. The largest absolute Gasteiger partial charge is 0.449 e. The minimum Gasteiger partial charge on any atom is -0.449 e. The number of rotatable bonds is 4. The molecule has 0 aliphatic rings. The van der Waals surface area contributed by atoms with Gasteiger partial charge >= 0.3 is 5.97 Å². The third-order valence-electron chi connectivity index (χ3n) is 3.39. The summed E-state index contributed by atoms with van der Waals surface area (Å²) in [7, 11) is 0. The van der Waals surface area contributed by atoms with Crippen molar-refractivity contribution >= 4 is 17.6 Å². The quantitative estimate of drug-likeness (QED) is 0.877. The van der Waals surface area contributed by atoms with Crippen molar-refractivity contribution < 1.29 is 18.7 Å². The van der Waals surface area contributed by atoms with Crippen molar-refractivity contribution in [2.24, 2.45) is 0 Å². The summed E-state index contributed by atoms with van der Waals surface area (Å²) in [5.74, 6) is -1.72. The first kappa shape index (κ1) is 16.7. The standard InChI is InChI=1S/C18H18FNO3/c1-11-8-9-14(12(2)10-11)18(22)23-13(3)17(21)20-16-7-5-4-6-15(16)19/h4-10,13H,1-3H3,(H,20,21)/t13-/m0/s1. The van der Waals surface area contributed by atoms with Crippen LogP contribution in [0.25, 0.3) is 0 Å². The number of hydrogen-bond acceptors (Lipinski definition) is 3. The van der Waals surface area contributed by atoms with Crippen LogP contribution < -0.4 is 5.32 Å². The van der Waals surface area contributed by atoms with E-state index in [4.69, 9.17) is 4.74 Å². The Morgan fingerprint density at radius 2 is 1.83 bits per heavy atom. The molecule has 0 aliphatic heterocycles. The van der Waals surface area contributed by atoms with E-state index < -0.39 is 23.8 Å². The number of benzene rings is 2. The van der Waals surface area contributed by atoms with Crippen LogP contribution >= 0.6 is 0 Å². The lowest BCUT2D eigenvalue weighted by atomic mass is 10.1. The summed E-state index contributed by atoms with van der Waals surface area (Å²) in [5.41, 5.74) is 2.26.